The van der Waals surface area contributed by atoms with E-state index in [-0.39, 0.29) is 18.1 Å². The van der Waals surface area contributed by atoms with Gasteiger partial charge in [-0.25, -0.2) is 4.98 Å². The summed E-state index contributed by atoms with van der Waals surface area (Å²) in [6.45, 7) is 1.38. The van der Waals surface area contributed by atoms with Crippen LogP contribution in [0.1, 0.15) is 13.3 Å². The molecule has 94 valence electrons. The van der Waals surface area contributed by atoms with E-state index in [1.165, 1.54) is 18.3 Å². The van der Waals surface area contributed by atoms with Crippen molar-refractivity contribution in [1.82, 2.24) is 4.98 Å². The summed E-state index contributed by atoms with van der Waals surface area (Å²) in [7, 11) is 1.59. The number of Topliss-reactive ketones (excluding diaryl/α,β-unsaturated/α-hetero) is 1. The highest BCUT2D eigenvalue weighted by atomic mass is 32.1. The molecule has 0 fully saturated rings. The maximum atomic E-state index is 11.4. The molecule has 2 aromatic rings. The number of benzene rings is 1. The van der Waals surface area contributed by atoms with Crippen molar-refractivity contribution in [3.05, 3.63) is 18.2 Å². The molecule has 0 saturated carbocycles. The van der Waals surface area contributed by atoms with E-state index in [9.17, 15) is 9.59 Å². The van der Waals surface area contributed by atoms with Crippen molar-refractivity contribution in [2.45, 2.75) is 13.3 Å². The number of amides is 1. The van der Waals surface area contributed by atoms with Crippen molar-refractivity contribution >= 4 is 38.4 Å². The highest BCUT2D eigenvalue weighted by Gasteiger charge is 2.09. The molecule has 0 bridgehead atoms. The number of ether oxygens (including phenoxy) is 1. The van der Waals surface area contributed by atoms with Gasteiger partial charge in [0.25, 0.3) is 0 Å². The Labute approximate surface area is 108 Å². The van der Waals surface area contributed by atoms with Gasteiger partial charge in [-0.2, -0.15) is 0 Å². The molecule has 1 heterocycles. The van der Waals surface area contributed by atoms with Crippen LogP contribution in [0.15, 0.2) is 18.2 Å². The molecular weight excluding hydrogens is 252 g/mol. The summed E-state index contributed by atoms with van der Waals surface area (Å²) < 4.78 is 6.05. The fourth-order valence-corrected chi connectivity index (χ4v) is 2.34. The van der Waals surface area contributed by atoms with Gasteiger partial charge in [-0.05, 0) is 19.1 Å². The minimum Gasteiger partial charge on any atom is -0.497 e. The van der Waals surface area contributed by atoms with Gasteiger partial charge in [0.1, 0.15) is 11.5 Å². The highest BCUT2D eigenvalue weighted by molar-refractivity contribution is 7.22. The summed E-state index contributed by atoms with van der Waals surface area (Å²) in [6, 6.07) is 5.51. The first-order valence-electron chi connectivity index (χ1n) is 5.32. The van der Waals surface area contributed by atoms with Crippen LogP contribution in [-0.2, 0) is 9.59 Å². The van der Waals surface area contributed by atoms with Gasteiger partial charge in [0, 0.05) is 6.07 Å². The number of nitrogens with zero attached hydrogens (tertiary/aromatic N) is 1. The van der Waals surface area contributed by atoms with Crippen LogP contribution in [-0.4, -0.2) is 23.8 Å². The van der Waals surface area contributed by atoms with E-state index in [2.05, 4.69) is 10.3 Å². The lowest BCUT2D eigenvalue weighted by Crippen LogP contribution is -2.14. The topological polar surface area (TPSA) is 68.3 Å². The number of carbonyl (C=O) groups is 2. The molecule has 0 aliphatic carbocycles. The number of hydrogen-bond donors (Lipinski definition) is 1. The van der Waals surface area contributed by atoms with Gasteiger partial charge in [-0.1, -0.05) is 11.3 Å². The third kappa shape index (κ3) is 2.84. The van der Waals surface area contributed by atoms with Crippen LogP contribution in [0.2, 0.25) is 0 Å². The molecule has 0 aliphatic rings. The zero-order valence-electron chi connectivity index (χ0n) is 10.0. The van der Waals surface area contributed by atoms with E-state index >= 15 is 0 Å². The Morgan fingerprint density at radius 1 is 1.44 bits per heavy atom. The lowest BCUT2D eigenvalue weighted by Gasteiger charge is -1.97. The number of rotatable bonds is 4. The van der Waals surface area contributed by atoms with Crippen molar-refractivity contribution in [3.8, 4) is 5.75 Å². The van der Waals surface area contributed by atoms with E-state index in [0.717, 1.165) is 16.0 Å². The average molecular weight is 264 g/mol. The first kappa shape index (κ1) is 12.5. The molecule has 5 nitrogen and oxygen atoms in total. The highest BCUT2D eigenvalue weighted by Crippen LogP contribution is 2.28. The van der Waals surface area contributed by atoms with Gasteiger partial charge in [0.05, 0.1) is 23.7 Å². The summed E-state index contributed by atoms with van der Waals surface area (Å²) in [6.07, 6.45) is -0.126. The summed E-state index contributed by atoms with van der Waals surface area (Å²) in [5.74, 6) is 0.207. The van der Waals surface area contributed by atoms with Crippen molar-refractivity contribution < 1.29 is 14.3 Å². The first-order valence-corrected chi connectivity index (χ1v) is 6.14. The predicted octanol–water partition coefficient (Wildman–Crippen LogP) is 2.22. The molecule has 0 atom stereocenters. The number of methoxy groups -OCH3 is 1. The lowest BCUT2D eigenvalue weighted by molar-refractivity contribution is -0.124. The van der Waals surface area contributed by atoms with E-state index in [0.29, 0.717) is 5.13 Å². The maximum absolute atomic E-state index is 11.4. The summed E-state index contributed by atoms with van der Waals surface area (Å²) in [4.78, 5) is 26.5. The number of carbonyl (C=O) groups excluding carboxylic acids is 2. The number of thiazole rings is 1. The molecule has 0 spiro atoms. The van der Waals surface area contributed by atoms with Crippen molar-refractivity contribution in [3.63, 3.8) is 0 Å². The second-order valence-electron chi connectivity index (χ2n) is 3.78. The monoisotopic (exact) mass is 264 g/mol. The minimum atomic E-state index is -0.339. The summed E-state index contributed by atoms with van der Waals surface area (Å²) >= 11 is 1.36. The fourth-order valence-electron chi connectivity index (χ4n) is 1.48. The first-order chi connectivity index (χ1) is 8.58. The third-order valence-electron chi connectivity index (χ3n) is 2.25. The van der Waals surface area contributed by atoms with E-state index in [4.69, 9.17) is 4.74 Å². The SMILES string of the molecule is COc1ccc2sc(NC(=O)CC(C)=O)nc2c1. The lowest BCUT2D eigenvalue weighted by atomic mass is 10.3. The Hall–Kier alpha value is -1.95. The number of ketones is 1. The van der Waals surface area contributed by atoms with Crippen LogP contribution in [0.3, 0.4) is 0 Å². The Balaban J connectivity index is 2.19. The zero-order valence-corrected chi connectivity index (χ0v) is 10.8. The smallest absolute Gasteiger partial charge is 0.233 e. The minimum absolute atomic E-state index is 0.126. The van der Waals surface area contributed by atoms with E-state index in [1.807, 2.05) is 12.1 Å². The zero-order chi connectivity index (χ0) is 13.1. The van der Waals surface area contributed by atoms with Gasteiger partial charge in [-0.3, -0.25) is 9.59 Å². The van der Waals surface area contributed by atoms with Crippen LogP contribution < -0.4 is 10.1 Å². The molecule has 0 saturated heterocycles. The second kappa shape index (κ2) is 5.14. The van der Waals surface area contributed by atoms with Crippen LogP contribution >= 0.6 is 11.3 Å². The Kier molecular flexibility index (Phi) is 3.57. The van der Waals surface area contributed by atoms with Gasteiger partial charge in [0.2, 0.25) is 5.91 Å². The normalized spacial score (nSPS) is 10.3. The molecule has 0 radical (unpaired) electrons. The standard InChI is InChI=1S/C12H12N2O3S/c1-7(15)5-11(16)14-12-13-9-6-8(17-2)3-4-10(9)18-12/h3-4,6H,5H2,1-2H3,(H,13,14,16). The summed E-state index contributed by atoms with van der Waals surface area (Å²) in [5.41, 5.74) is 0.762. The number of hydrogen-bond acceptors (Lipinski definition) is 5. The molecule has 1 aromatic carbocycles. The van der Waals surface area contributed by atoms with Gasteiger partial charge in [-0.15, -0.1) is 0 Å². The molecule has 0 unspecified atom stereocenters. The number of anilines is 1. The average Bonchev–Trinajstić information content (AvgIpc) is 2.68. The van der Waals surface area contributed by atoms with Gasteiger partial charge >= 0.3 is 0 Å². The number of fused-ring (bicyclic) bond motifs is 1. The third-order valence-corrected chi connectivity index (χ3v) is 3.20. The van der Waals surface area contributed by atoms with Gasteiger partial charge in [0.15, 0.2) is 5.13 Å². The van der Waals surface area contributed by atoms with E-state index in [1.54, 1.807) is 13.2 Å². The second-order valence-corrected chi connectivity index (χ2v) is 4.81. The molecule has 6 heteroatoms. The fraction of sp³-hybridized carbons (Fsp3) is 0.250. The molecule has 1 N–H and O–H groups in total. The number of aromatic nitrogens is 1. The van der Waals surface area contributed by atoms with Crippen LogP contribution in [0, 0.1) is 0 Å². The maximum Gasteiger partial charge on any atom is 0.233 e. The Bertz CT molecular complexity index is 606. The molecule has 1 aromatic heterocycles. The Morgan fingerprint density at radius 2 is 2.22 bits per heavy atom. The summed E-state index contributed by atoms with van der Waals surface area (Å²) in [5, 5.41) is 3.10. The van der Waals surface area contributed by atoms with Crippen molar-refractivity contribution in [1.29, 1.82) is 0 Å². The van der Waals surface area contributed by atoms with Crippen LogP contribution in [0.5, 0.6) is 5.75 Å². The quantitative estimate of drug-likeness (QED) is 0.860. The molecular formula is C12H12N2O3S. The van der Waals surface area contributed by atoms with Crippen molar-refractivity contribution in [2.24, 2.45) is 0 Å². The van der Waals surface area contributed by atoms with Crippen LogP contribution in [0.25, 0.3) is 10.2 Å². The van der Waals surface area contributed by atoms with Crippen LogP contribution in [0.4, 0.5) is 5.13 Å². The predicted molar refractivity (Wildman–Crippen MR) is 70.1 cm³/mol. The Morgan fingerprint density at radius 3 is 2.89 bits per heavy atom. The molecule has 2 rings (SSSR count). The van der Waals surface area contributed by atoms with Gasteiger partial charge < -0.3 is 10.1 Å². The van der Waals surface area contributed by atoms with Crippen molar-refractivity contribution in [2.75, 3.05) is 12.4 Å². The molecule has 18 heavy (non-hydrogen) atoms. The largest absolute Gasteiger partial charge is 0.497 e. The van der Waals surface area contributed by atoms with E-state index < -0.39 is 0 Å². The molecule has 0 aliphatic heterocycles. The number of nitrogens with one attached hydrogen (secondary N) is 1. The molecule has 1 amide bonds.